The van der Waals surface area contributed by atoms with Gasteiger partial charge in [-0.2, -0.15) is 0 Å². The molecule has 1 fully saturated rings. The van der Waals surface area contributed by atoms with Gasteiger partial charge in [0.1, 0.15) is 5.82 Å². The molecular weight excluding hydrogens is 248 g/mol. The molecule has 3 nitrogen and oxygen atoms in total. The normalized spacial score (nSPS) is 18.3. The van der Waals surface area contributed by atoms with Crippen molar-refractivity contribution in [2.45, 2.75) is 25.3 Å². The fourth-order valence-corrected chi connectivity index (χ4v) is 2.28. The Labute approximate surface area is 109 Å². The molecule has 0 bridgehead atoms. The van der Waals surface area contributed by atoms with Crippen LogP contribution in [0.5, 0.6) is 0 Å². The van der Waals surface area contributed by atoms with Crippen LogP contribution in [0.25, 0.3) is 11.3 Å². The molecule has 19 heavy (non-hydrogen) atoms. The van der Waals surface area contributed by atoms with Gasteiger partial charge in [0.25, 0.3) is 0 Å². The van der Waals surface area contributed by atoms with E-state index in [0.29, 0.717) is 23.0 Å². The van der Waals surface area contributed by atoms with Gasteiger partial charge in [-0.05, 0) is 43.9 Å². The summed E-state index contributed by atoms with van der Waals surface area (Å²) in [5.74, 6) is -0.595. The summed E-state index contributed by atoms with van der Waals surface area (Å²) < 4.78 is 26.1. The SMILES string of the molecule is CC(N)(c1ncc(-c2ccc(F)c(F)c2)[nH]1)C1CC1. The van der Waals surface area contributed by atoms with E-state index in [2.05, 4.69) is 9.97 Å². The van der Waals surface area contributed by atoms with Crippen molar-refractivity contribution in [1.29, 1.82) is 0 Å². The van der Waals surface area contributed by atoms with Crippen LogP contribution < -0.4 is 5.73 Å². The number of aromatic amines is 1. The van der Waals surface area contributed by atoms with Crippen molar-refractivity contribution in [3.63, 3.8) is 0 Å². The molecule has 100 valence electrons. The third-order valence-corrected chi connectivity index (χ3v) is 3.74. The third kappa shape index (κ3) is 2.14. The van der Waals surface area contributed by atoms with Gasteiger partial charge < -0.3 is 10.7 Å². The highest BCUT2D eigenvalue weighted by Crippen LogP contribution is 2.43. The summed E-state index contributed by atoms with van der Waals surface area (Å²) in [5.41, 5.74) is 6.98. The quantitative estimate of drug-likeness (QED) is 0.894. The molecule has 5 heteroatoms. The molecule has 1 aliphatic carbocycles. The number of nitrogens with zero attached hydrogens (tertiary/aromatic N) is 1. The Morgan fingerprint density at radius 2 is 2.05 bits per heavy atom. The van der Waals surface area contributed by atoms with E-state index < -0.39 is 17.2 Å². The van der Waals surface area contributed by atoms with Crippen LogP contribution in [-0.2, 0) is 5.54 Å². The van der Waals surface area contributed by atoms with Crippen LogP contribution in [0.1, 0.15) is 25.6 Å². The number of nitrogens with two attached hydrogens (primary N) is 1. The van der Waals surface area contributed by atoms with Crippen molar-refractivity contribution in [2.75, 3.05) is 0 Å². The summed E-state index contributed by atoms with van der Waals surface area (Å²) in [6, 6.07) is 3.77. The Bertz CT molecular complexity index is 615. The molecule has 1 saturated carbocycles. The maximum absolute atomic E-state index is 13.2. The first kappa shape index (κ1) is 12.3. The van der Waals surface area contributed by atoms with Gasteiger partial charge in [0.2, 0.25) is 0 Å². The number of H-pyrrole nitrogens is 1. The summed E-state index contributed by atoms with van der Waals surface area (Å²) in [4.78, 5) is 7.39. The van der Waals surface area contributed by atoms with Crippen LogP contribution in [0.3, 0.4) is 0 Å². The summed E-state index contributed by atoms with van der Waals surface area (Å²) in [7, 11) is 0. The van der Waals surface area contributed by atoms with Gasteiger partial charge in [0, 0.05) is 5.56 Å². The lowest BCUT2D eigenvalue weighted by atomic mass is 9.97. The summed E-state index contributed by atoms with van der Waals surface area (Å²) in [5, 5.41) is 0. The minimum Gasteiger partial charge on any atom is -0.340 e. The standard InChI is InChI=1S/C14H15F2N3/c1-14(17,9-3-4-9)13-18-7-12(19-13)8-2-5-10(15)11(16)6-8/h2,5-7,9H,3-4,17H2,1H3,(H,18,19). The van der Waals surface area contributed by atoms with Crippen LogP contribution >= 0.6 is 0 Å². The molecule has 0 saturated heterocycles. The molecule has 0 aliphatic heterocycles. The molecule has 1 aliphatic rings. The number of benzene rings is 1. The van der Waals surface area contributed by atoms with E-state index in [1.165, 1.54) is 6.07 Å². The smallest absolute Gasteiger partial charge is 0.159 e. The van der Waals surface area contributed by atoms with Gasteiger partial charge in [-0.1, -0.05) is 0 Å². The highest BCUT2D eigenvalue weighted by atomic mass is 19.2. The molecule has 1 aromatic carbocycles. The monoisotopic (exact) mass is 263 g/mol. The number of hydrogen-bond donors (Lipinski definition) is 2. The molecule has 0 radical (unpaired) electrons. The molecule has 1 heterocycles. The molecule has 1 unspecified atom stereocenters. The minimum atomic E-state index is -0.869. The molecule has 3 rings (SSSR count). The van der Waals surface area contributed by atoms with E-state index in [0.717, 1.165) is 25.0 Å². The summed E-state index contributed by atoms with van der Waals surface area (Å²) >= 11 is 0. The van der Waals surface area contributed by atoms with E-state index in [1.807, 2.05) is 6.92 Å². The molecular formula is C14H15F2N3. The van der Waals surface area contributed by atoms with E-state index in [-0.39, 0.29) is 0 Å². The van der Waals surface area contributed by atoms with Gasteiger partial charge >= 0.3 is 0 Å². The zero-order valence-corrected chi connectivity index (χ0v) is 10.6. The van der Waals surface area contributed by atoms with Crippen molar-refractivity contribution < 1.29 is 8.78 Å². The Balaban J connectivity index is 1.94. The third-order valence-electron chi connectivity index (χ3n) is 3.74. The number of aromatic nitrogens is 2. The van der Waals surface area contributed by atoms with Crippen LogP contribution in [0.2, 0.25) is 0 Å². The largest absolute Gasteiger partial charge is 0.340 e. The Morgan fingerprint density at radius 1 is 1.32 bits per heavy atom. The van der Waals surface area contributed by atoms with Crippen LogP contribution in [0.4, 0.5) is 8.78 Å². The Hall–Kier alpha value is -1.75. The first-order valence-electron chi connectivity index (χ1n) is 6.28. The molecule has 0 spiro atoms. The van der Waals surface area contributed by atoms with Gasteiger partial charge in [0.05, 0.1) is 17.4 Å². The van der Waals surface area contributed by atoms with Crippen LogP contribution in [0.15, 0.2) is 24.4 Å². The fourth-order valence-electron chi connectivity index (χ4n) is 2.28. The maximum Gasteiger partial charge on any atom is 0.159 e. The lowest BCUT2D eigenvalue weighted by Crippen LogP contribution is -2.36. The van der Waals surface area contributed by atoms with Crippen LogP contribution in [-0.4, -0.2) is 9.97 Å². The maximum atomic E-state index is 13.2. The van der Waals surface area contributed by atoms with Crippen molar-refractivity contribution in [2.24, 2.45) is 11.7 Å². The molecule has 3 N–H and O–H groups in total. The second kappa shape index (κ2) is 4.13. The Morgan fingerprint density at radius 3 is 2.68 bits per heavy atom. The fraction of sp³-hybridized carbons (Fsp3) is 0.357. The van der Waals surface area contributed by atoms with E-state index in [4.69, 9.17) is 5.73 Å². The van der Waals surface area contributed by atoms with Gasteiger partial charge in [-0.25, -0.2) is 13.8 Å². The Kier molecular flexibility index (Phi) is 2.67. The molecule has 1 atom stereocenters. The second-order valence-electron chi connectivity index (χ2n) is 5.33. The first-order chi connectivity index (χ1) is 8.98. The topological polar surface area (TPSA) is 54.7 Å². The number of halogens is 2. The zero-order valence-electron chi connectivity index (χ0n) is 10.6. The molecule has 1 aromatic heterocycles. The van der Waals surface area contributed by atoms with Crippen molar-refractivity contribution in [3.05, 3.63) is 41.9 Å². The molecule has 2 aromatic rings. The predicted octanol–water partition coefficient (Wildman–Crippen LogP) is 2.94. The lowest BCUT2D eigenvalue weighted by Gasteiger charge is -2.21. The highest BCUT2D eigenvalue weighted by molar-refractivity contribution is 5.58. The minimum absolute atomic E-state index is 0.441. The van der Waals surface area contributed by atoms with Crippen molar-refractivity contribution in [1.82, 2.24) is 9.97 Å². The van der Waals surface area contributed by atoms with Crippen LogP contribution in [0, 0.1) is 17.6 Å². The average Bonchev–Trinajstić information content (AvgIpc) is 3.11. The average molecular weight is 263 g/mol. The number of rotatable bonds is 3. The van der Waals surface area contributed by atoms with E-state index in [9.17, 15) is 8.78 Å². The summed E-state index contributed by atoms with van der Waals surface area (Å²) in [6.45, 7) is 1.94. The summed E-state index contributed by atoms with van der Waals surface area (Å²) in [6.07, 6.45) is 3.82. The number of nitrogens with one attached hydrogen (secondary N) is 1. The predicted molar refractivity (Wildman–Crippen MR) is 68.2 cm³/mol. The van der Waals surface area contributed by atoms with Gasteiger partial charge in [-0.15, -0.1) is 0 Å². The highest BCUT2D eigenvalue weighted by Gasteiger charge is 2.41. The van der Waals surface area contributed by atoms with Crippen molar-refractivity contribution in [3.8, 4) is 11.3 Å². The number of hydrogen-bond acceptors (Lipinski definition) is 2. The second-order valence-corrected chi connectivity index (χ2v) is 5.33. The molecule has 0 amide bonds. The van der Waals surface area contributed by atoms with Crippen molar-refractivity contribution >= 4 is 0 Å². The first-order valence-corrected chi connectivity index (χ1v) is 6.28. The lowest BCUT2D eigenvalue weighted by molar-refractivity contribution is 0.404. The van der Waals surface area contributed by atoms with E-state index in [1.54, 1.807) is 6.20 Å². The van der Waals surface area contributed by atoms with Gasteiger partial charge in [0.15, 0.2) is 11.6 Å². The number of imidazole rings is 1. The zero-order chi connectivity index (χ0) is 13.6. The van der Waals surface area contributed by atoms with Gasteiger partial charge in [-0.3, -0.25) is 0 Å². The van der Waals surface area contributed by atoms with E-state index >= 15 is 0 Å².